The molecular weight excluding hydrogens is 500 g/mol. The lowest BCUT2D eigenvalue weighted by Crippen LogP contribution is -2.29. The number of hydrogen-bond donors (Lipinski definition) is 1. The predicted octanol–water partition coefficient (Wildman–Crippen LogP) is 6.89. The number of rotatable bonds is 7. The zero-order valence-electron chi connectivity index (χ0n) is 21.0. The second-order valence-electron chi connectivity index (χ2n) is 8.64. The summed E-state index contributed by atoms with van der Waals surface area (Å²) in [5.41, 5.74) is 4.20. The first-order chi connectivity index (χ1) is 18.0. The quantitative estimate of drug-likeness (QED) is 0.266. The van der Waals surface area contributed by atoms with Crippen LogP contribution in [0.1, 0.15) is 36.7 Å². The molecule has 37 heavy (non-hydrogen) atoms. The van der Waals surface area contributed by atoms with Crippen molar-refractivity contribution in [3.05, 3.63) is 93.9 Å². The lowest BCUT2D eigenvalue weighted by atomic mass is 10.1. The highest BCUT2D eigenvalue weighted by molar-refractivity contribution is 8.19. The summed E-state index contributed by atoms with van der Waals surface area (Å²) in [5, 5.41) is 4.87. The third kappa shape index (κ3) is 5.04. The molecule has 2 heterocycles. The number of hydrogen-bond acceptors (Lipinski definition) is 7. The van der Waals surface area contributed by atoms with Crippen molar-refractivity contribution in [2.45, 2.75) is 32.2 Å². The van der Waals surface area contributed by atoms with Crippen molar-refractivity contribution in [1.29, 1.82) is 0 Å². The third-order valence-corrected chi connectivity index (χ3v) is 8.53. The SMILES string of the molecule is CCNc1ccc(C(C)=O)cc1/N=C1/S/C(=C2\Sc3ccccc3N2CC)C(=O)N1Cc1ccccc1. The standard InChI is InChI=1S/C29H28N4O2S2/c1-4-30-22-16-15-21(19(3)34)17-23(22)31-29-33(18-20-11-7-6-8-12-20)27(35)26(37-29)28-32(5-2)24-13-9-10-14-25(24)36-28/h6-17,30H,4-5,18H2,1-3H3/b28-26-,31-29+. The fourth-order valence-corrected chi connectivity index (χ4v) is 6.71. The Balaban J connectivity index is 1.61. The van der Waals surface area contributed by atoms with Gasteiger partial charge in [0.15, 0.2) is 11.0 Å². The average molecular weight is 529 g/mol. The first kappa shape index (κ1) is 25.2. The van der Waals surface area contributed by atoms with Crippen LogP contribution in [-0.4, -0.2) is 34.8 Å². The van der Waals surface area contributed by atoms with Crippen molar-refractivity contribution in [3.63, 3.8) is 0 Å². The molecule has 8 heteroatoms. The molecular formula is C29H28N4O2S2. The van der Waals surface area contributed by atoms with E-state index < -0.39 is 0 Å². The molecule has 0 bridgehead atoms. The highest BCUT2D eigenvalue weighted by Crippen LogP contribution is 2.51. The molecule has 3 aromatic carbocycles. The zero-order valence-corrected chi connectivity index (χ0v) is 22.7. The fraction of sp³-hybridized carbons (Fsp3) is 0.207. The van der Waals surface area contributed by atoms with Crippen LogP contribution in [0.2, 0.25) is 0 Å². The summed E-state index contributed by atoms with van der Waals surface area (Å²) in [6.45, 7) is 7.54. The van der Waals surface area contributed by atoms with E-state index in [0.29, 0.717) is 34.4 Å². The van der Waals surface area contributed by atoms with E-state index in [1.165, 1.54) is 11.8 Å². The van der Waals surface area contributed by atoms with Crippen molar-refractivity contribution in [2.75, 3.05) is 23.3 Å². The van der Waals surface area contributed by atoms with E-state index in [0.717, 1.165) is 33.4 Å². The van der Waals surface area contributed by atoms with Gasteiger partial charge in [-0.05, 0) is 68.4 Å². The van der Waals surface area contributed by atoms with Crippen LogP contribution in [0, 0.1) is 0 Å². The summed E-state index contributed by atoms with van der Waals surface area (Å²) >= 11 is 3.03. The number of nitrogens with zero attached hydrogens (tertiary/aromatic N) is 3. The second-order valence-corrected chi connectivity index (χ2v) is 10.6. The van der Waals surface area contributed by atoms with Gasteiger partial charge >= 0.3 is 0 Å². The molecule has 6 nitrogen and oxygen atoms in total. The molecule has 0 unspecified atom stereocenters. The number of Topliss-reactive ketones (excluding diaryl/α,β-unsaturated/α-hetero) is 1. The van der Waals surface area contributed by atoms with Gasteiger partial charge in [0.2, 0.25) is 0 Å². The highest BCUT2D eigenvalue weighted by atomic mass is 32.2. The number of amidine groups is 1. The maximum Gasteiger partial charge on any atom is 0.269 e. The van der Waals surface area contributed by atoms with Crippen LogP contribution in [-0.2, 0) is 11.3 Å². The number of fused-ring (bicyclic) bond motifs is 1. The van der Waals surface area contributed by atoms with E-state index in [-0.39, 0.29) is 11.7 Å². The summed E-state index contributed by atoms with van der Waals surface area (Å²) < 4.78 is 0. The summed E-state index contributed by atoms with van der Waals surface area (Å²) in [5.74, 6) is -0.0867. The molecule has 2 aliphatic rings. The van der Waals surface area contributed by atoms with E-state index in [4.69, 9.17) is 4.99 Å². The minimum Gasteiger partial charge on any atom is -0.384 e. The molecule has 2 aliphatic heterocycles. The summed E-state index contributed by atoms with van der Waals surface area (Å²) in [6, 6.07) is 23.6. The van der Waals surface area contributed by atoms with Crippen LogP contribution < -0.4 is 10.2 Å². The van der Waals surface area contributed by atoms with E-state index in [9.17, 15) is 9.59 Å². The molecule has 1 amide bonds. The molecule has 0 radical (unpaired) electrons. The topological polar surface area (TPSA) is 65.0 Å². The molecule has 5 rings (SSSR count). The van der Waals surface area contributed by atoms with E-state index >= 15 is 0 Å². The minimum atomic E-state index is -0.0610. The number of para-hydroxylation sites is 1. The minimum absolute atomic E-state index is 0.0256. The molecule has 1 N–H and O–H groups in total. The lowest BCUT2D eigenvalue weighted by Gasteiger charge is -2.19. The normalized spacial score (nSPS) is 18.0. The summed E-state index contributed by atoms with van der Waals surface area (Å²) in [7, 11) is 0. The molecule has 0 saturated carbocycles. The fourth-order valence-electron chi connectivity index (χ4n) is 4.33. The summed E-state index contributed by atoms with van der Waals surface area (Å²) in [4.78, 5) is 36.8. The highest BCUT2D eigenvalue weighted by Gasteiger charge is 2.39. The van der Waals surface area contributed by atoms with Crippen molar-refractivity contribution in [1.82, 2.24) is 4.90 Å². The zero-order chi connectivity index (χ0) is 25.9. The molecule has 3 aromatic rings. The monoisotopic (exact) mass is 528 g/mol. The average Bonchev–Trinajstić information content (AvgIpc) is 3.43. The van der Waals surface area contributed by atoms with Gasteiger partial charge in [-0.2, -0.15) is 0 Å². The van der Waals surface area contributed by atoms with Gasteiger partial charge in [-0.3, -0.25) is 14.5 Å². The molecule has 1 saturated heterocycles. The van der Waals surface area contributed by atoms with Crippen LogP contribution >= 0.6 is 23.5 Å². The van der Waals surface area contributed by atoms with Gasteiger partial charge in [0.25, 0.3) is 5.91 Å². The first-order valence-corrected chi connectivity index (χ1v) is 13.9. The molecule has 0 atom stereocenters. The maximum atomic E-state index is 14.0. The van der Waals surface area contributed by atoms with Crippen LogP contribution in [0.5, 0.6) is 0 Å². The molecule has 0 aromatic heterocycles. The third-order valence-electron chi connectivity index (χ3n) is 6.15. The van der Waals surface area contributed by atoms with Crippen LogP contribution in [0.15, 0.2) is 92.6 Å². The van der Waals surface area contributed by atoms with Gasteiger partial charge in [-0.25, -0.2) is 4.99 Å². The number of benzene rings is 3. The number of nitrogens with one attached hydrogen (secondary N) is 1. The van der Waals surface area contributed by atoms with E-state index in [2.05, 4.69) is 29.3 Å². The molecule has 188 valence electrons. The van der Waals surface area contributed by atoms with Gasteiger partial charge in [-0.15, -0.1) is 0 Å². The Labute approximate surface area is 225 Å². The van der Waals surface area contributed by atoms with Gasteiger partial charge in [0, 0.05) is 23.5 Å². The van der Waals surface area contributed by atoms with Gasteiger partial charge in [0.1, 0.15) is 9.93 Å². The number of amides is 1. The number of carbonyl (C=O) groups is 2. The Kier molecular flexibility index (Phi) is 7.39. The largest absolute Gasteiger partial charge is 0.384 e. The Morgan fingerprint density at radius 1 is 0.946 bits per heavy atom. The molecule has 0 aliphatic carbocycles. The maximum absolute atomic E-state index is 14.0. The Morgan fingerprint density at radius 2 is 1.70 bits per heavy atom. The van der Waals surface area contributed by atoms with Gasteiger partial charge < -0.3 is 10.2 Å². The molecule has 1 fully saturated rings. The number of aliphatic imine (C=N–C) groups is 1. The Morgan fingerprint density at radius 3 is 2.43 bits per heavy atom. The number of carbonyl (C=O) groups excluding carboxylic acids is 2. The van der Waals surface area contributed by atoms with E-state index in [1.807, 2.05) is 55.5 Å². The van der Waals surface area contributed by atoms with Crippen molar-refractivity contribution >= 4 is 57.4 Å². The smallest absolute Gasteiger partial charge is 0.269 e. The van der Waals surface area contributed by atoms with E-state index in [1.54, 1.807) is 35.7 Å². The van der Waals surface area contributed by atoms with Crippen molar-refractivity contribution in [3.8, 4) is 0 Å². The van der Waals surface area contributed by atoms with Crippen LogP contribution in [0.4, 0.5) is 17.1 Å². The summed E-state index contributed by atoms with van der Waals surface area (Å²) in [6.07, 6.45) is 0. The predicted molar refractivity (Wildman–Crippen MR) is 155 cm³/mol. The Bertz CT molecular complexity index is 1420. The lowest BCUT2D eigenvalue weighted by molar-refractivity contribution is -0.122. The van der Waals surface area contributed by atoms with Gasteiger partial charge in [-0.1, -0.05) is 54.2 Å². The van der Waals surface area contributed by atoms with Crippen molar-refractivity contribution < 1.29 is 9.59 Å². The van der Waals surface area contributed by atoms with Crippen LogP contribution in [0.25, 0.3) is 0 Å². The second kappa shape index (κ2) is 10.9. The van der Waals surface area contributed by atoms with Crippen molar-refractivity contribution in [2.24, 2.45) is 4.99 Å². The number of thioether (sulfide) groups is 2. The first-order valence-electron chi connectivity index (χ1n) is 12.3. The number of ketones is 1. The number of anilines is 2. The van der Waals surface area contributed by atoms with Gasteiger partial charge in [0.05, 0.1) is 23.6 Å². The Hall–Kier alpha value is -3.49. The molecule has 0 spiro atoms. The van der Waals surface area contributed by atoms with Crippen LogP contribution in [0.3, 0.4) is 0 Å².